The average molecular weight is 472 g/mol. The lowest BCUT2D eigenvalue weighted by molar-refractivity contribution is -0.165. The number of aliphatic hydroxyl groups excluding tert-OH is 1. The molecule has 1 aromatic carbocycles. The van der Waals surface area contributed by atoms with Crippen molar-refractivity contribution in [3.05, 3.63) is 27.5 Å². The number of imidazole rings is 1. The highest BCUT2D eigenvalue weighted by atomic mass is 35.5. The van der Waals surface area contributed by atoms with E-state index in [-0.39, 0.29) is 15.3 Å². The summed E-state index contributed by atoms with van der Waals surface area (Å²) in [6.07, 6.45) is -4.66. The molecule has 152 valence electrons. The predicted octanol–water partition coefficient (Wildman–Crippen LogP) is 3.31. The summed E-state index contributed by atoms with van der Waals surface area (Å²) in [4.78, 5) is 27.4. The molecule has 1 saturated heterocycles. The van der Waals surface area contributed by atoms with Gasteiger partial charge in [0, 0.05) is 13.8 Å². The number of fused-ring (bicyclic) bond motifs is 1. The van der Waals surface area contributed by atoms with E-state index in [1.807, 2.05) is 0 Å². The van der Waals surface area contributed by atoms with Crippen molar-refractivity contribution >= 4 is 69.4 Å². The minimum absolute atomic E-state index is 0.0261. The van der Waals surface area contributed by atoms with Crippen LogP contribution in [-0.2, 0) is 23.8 Å². The second-order valence-corrected chi connectivity index (χ2v) is 7.62. The van der Waals surface area contributed by atoms with E-state index in [0.29, 0.717) is 11.0 Å². The third-order valence-corrected chi connectivity index (χ3v) is 5.28. The summed E-state index contributed by atoms with van der Waals surface area (Å²) in [5.74, 6) is -1.34. The van der Waals surface area contributed by atoms with Gasteiger partial charge >= 0.3 is 11.9 Å². The Morgan fingerprint density at radius 3 is 2.29 bits per heavy atom. The lowest BCUT2D eigenvalue weighted by Gasteiger charge is -2.24. The zero-order valence-corrected chi connectivity index (χ0v) is 17.5. The third-order valence-electron chi connectivity index (χ3n) is 4.04. The van der Waals surface area contributed by atoms with E-state index in [1.165, 1.54) is 23.6 Å². The lowest BCUT2D eigenvalue weighted by Crippen LogP contribution is -2.41. The summed E-state index contributed by atoms with van der Waals surface area (Å²) in [7, 11) is 0. The number of esters is 2. The Bertz CT molecular complexity index is 933. The predicted molar refractivity (Wildman–Crippen MR) is 102 cm³/mol. The van der Waals surface area contributed by atoms with Crippen LogP contribution in [0.1, 0.15) is 20.1 Å². The van der Waals surface area contributed by atoms with Crippen LogP contribution in [-0.4, -0.2) is 50.5 Å². The highest BCUT2D eigenvalue weighted by Crippen LogP contribution is 2.40. The Labute approximate surface area is 179 Å². The van der Waals surface area contributed by atoms with Crippen molar-refractivity contribution in [3.63, 3.8) is 0 Å². The fourth-order valence-corrected chi connectivity index (χ4v) is 3.84. The standard InChI is InChI=1S/C16H14Cl4N2O6/c1-5(23)26-11-12(14(19)25)28-15(13(11)27-6(2)24)22-10-4-8(18)7(17)3-9(10)21-16(22)20/h3-4,11-15,25H,1-2H3/t11?,12-,13?,14?,15?/m0/s1. The van der Waals surface area contributed by atoms with Crippen molar-refractivity contribution in [2.24, 2.45) is 0 Å². The molecule has 0 aliphatic carbocycles. The molecule has 5 atom stereocenters. The molecule has 12 heteroatoms. The molecule has 8 nitrogen and oxygen atoms in total. The molecule has 0 saturated carbocycles. The SMILES string of the molecule is CC(=O)OC1C(OC(C)=O)[C@@H](C(O)Cl)OC1n1c(Cl)nc2cc(Cl)c(Cl)cc21. The average Bonchev–Trinajstić information content (AvgIpc) is 3.05. The third kappa shape index (κ3) is 4.03. The molecular weight excluding hydrogens is 458 g/mol. The smallest absolute Gasteiger partial charge is 0.303 e. The largest absolute Gasteiger partial charge is 0.455 e. The number of aromatic nitrogens is 2. The van der Waals surface area contributed by atoms with Crippen LogP contribution in [0.2, 0.25) is 15.3 Å². The molecule has 0 spiro atoms. The van der Waals surface area contributed by atoms with Crippen LogP contribution in [0.5, 0.6) is 0 Å². The first-order chi connectivity index (χ1) is 13.1. The van der Waals surface area contributed by atoms with Gasteiger partial charge in [0.2, 0.25) is 5.28 Å². The first-order valence-corrected chi connectivity index (χ1v) is 9.51. The zero-order valence-electron chi connectivity index (χ0n) is 14.4. The van der Waals surface area contributed by atoms with Gasteiger partial charge in [0.05, 0.1) is 21.1 Å². The second kappa shape index (κ2) is 8.22. The molecule has 0 bridgehead atoms. The van der Waals surface area contributed by atoms with Gasteiger partial charge in [-0.1, -0.05) is 34.8 Å². The van der Waals surface area contributed by atoms with E-state index in [2.05, 4.69) is 4.98 Å². The number of carbonyl (C=O) groups excluding carboxylic acids is 2. The molecule has 0 radical (unpaired) electrons. The van der Waals surface area contributed by atoms with Gasteiger partial charge in [-0.15, -0.1) is 0 Å². The van der Waals surface area contributed by atoms with E-state index in [4.69, 9.17) is 60.6 Å². The fourth-order valence-electron chi connectivity index (χ4n) is 3.04. The molecule has 2 heterocycles. The quantitative estimate of drug-likeness (QED) is 0.539. The number of hydrogen-bond acceptors (Lipinski definition) is 7. The Morgan fingerprint density at radius 2 is 1.71 bits per heavy atom. The van der Waals surface area contributed by atoms with Gasteiger partial charge in [0.1, 0.15) is 6.10 Å². The monoisotopic (exact) mass is 470 g/mol. The Balaban J connectivity index is 2.14. The fraction of sp³-hybridized carbons (Fsp3) is 0.438. The number of rotatable bonds is 4. The first kappa shape index (κ1) is 21.4. The van der Waals surface area contributed by atoms with Gasteiger partial charge in [-0.05, 0) is 23.7 Å². The molecule has 0 amide bonds. The minimum Gasteiger partial charge on any atom is -0.455 e. The van der Waals surface area contributed by atoms with E-state index >= 15 is 0 Å². The van der Waals surface area contributed by atoms with Crippen LogP contribution in [0.25, 0.3) is 11.0 Å². The van der Waals surface area contributed by atoms with Gasteiger partial charge in [0.25, 0.3) is 0 Å². The van der Waals surface area contributed by atoms with Crippen LogP contribution >= 0.6 is 46.4 Å². The molecule has 1 aliphatic heterocycles. The van der Waals surface area contributed by atoms with Gasteiger partial charge in [-0.3, -0.25) is 14.2 Å². The maximum atomic E-state index is 11.7. The summed E-state index contributed by atoms with van der Waals surface area (Å²) in [6, 6.07) is 3.02. The maximum Gasteiger partial charge on any atom is 0.303 e. The van der Waals surface area contributed by atoms with E-state index in [1.54, 1.807) is 0 Å². The Hall–Kier alpha value is -1.29. The van der Waals surface area contributed by atoms with E-state index in [9.17, 15) is 14.7 Å². The first-order valence-electron chi connectivity index (χ1n) is 7.94. The maximum absolute atomic E-state index is 11.7. The van der Waals surface area contributed by atoms with Crippen molar-refractivity contribution < 1.29 is 28.9 Å². The van der Waals surface area contributed by atoms with Crippen molar-refractivity contribution in [2.45, 2.75) is 44.0 Å². The van der Waals surface area contributed by atoms with E-state index < -0.39 is 42.0 Å². The number of carbonyl (C=O) groups is 2. The number of alkyl halides is 1. The summed E-state index contributed by atoms with van der Waals surface area (Å²) in [5, 5.41) is 10.4. The molecule has 4 unspecified atom stereocenters. The van der Waals surface area contributed by atoms with Gasteiger partial charge < -0.3 is 19.3 Å². The number of aliphatic hydroxyl groups is 1. The lowest BCUT2D eigenvalue weighted by atomic mass is 10.1. The number of benzene rings is 1. The molecule has 1 N–H and O–H groups in total. The van der Waals surface area contributed by atoms with Crippen molar-refractivity contribution in [2.75, 3.05) is 0 Å². The second-order valence-electron chi connectivity index (χ2n) is 6.02. The summed E-state index contributed by atoms with van der Waals surface area (Å²) in [6.45, 7) is 2.34. The van der Waals surface area contributed by atoms with Crippen LogP contribution in [0.3, 0.4) is 0 Å². The molecule has 1 fully saturated rings. The summed E-state index contributed by atoms with van der Waals surface area (Å²) < 4.78 is 17.7. The highest BCUT2D eigenvalue weighted by Gasteiger charge is 2.53. The van der Waals surface area contributed by atoms with Crippen LogP contribution in [0.4, 0.5) is 0 Å². The molecular formula is C16H14Cl4N2O6. The normalized spacial score (nSPS) is 25.7. The van der Waals surface area contributed by atoms with Crippen LogP contribution < -0.4 is 0 Å². The minimum atomic E-state index is -1.56. The molecule has 1 aromatic heterocycles. The topological polar surface area (TPSA) is 99.9 Å². The molecule has 28 heavy (non-hydrogen) atoms. The number of nitrogens with zero attached hydrogens (tertiary/aromatic N) is 2. The summed E-state index contributed by atoms with van der Waals surface area (Å²) in [5.41, 5.74) is -0.727. The molecule has 3 rings (SSSR count). The van der Waals surface area contributed by atoms with E-state index in [0.717, 1.165) is 6.92 Å². The molecule has 2 aromatic rings. The number of ether oxygens (including phenoxy) is 3. The van der Waals surface area contributed by atoms with Crippen molar-refractivity contribution in [3.8, 4) is 0 Å². The highest BCUT2D eigenvalue weighted by molar-refractivity contribution is 6.42. The van der Waals surface area contributed by atoms with Crippen molar-refractivity contribution in [1.82, 2.24) is 9.55 Å². The zero-order chi connectivity index (χ0) is 20.7. The number of halogens is 4. The van der Waals surface area contributed by atoms with Gasteiger partial charge in [0.15, 0.2) is 24.0 Å². The van der Waals surface area contributed by atoms with Gasteiger partial charge in [-0.25, -0.2) is 4.98 Å². The summed E-state index contributed by atoms with van der Waals surface area (Å²) >= 11 is 24.2. The van der Waals surface area contributed by atoms with Crippen LogP contribution in [0.15, 0.2) is 12.1 Å². The van der Waals surface area contributed by atoms with Gasteiger partial charge in [-0.2, -0.15) is 0 Å². The van der Waals surface area contributed by atoms with Crippen LogP contribution in [0, 0.1) is 0 Å². The van der Waals surface area contributed by atoms with Crippen molar-refractivity contribution in [1.29, 1.82) is 0 Å². The number of hydrogen-bond donors (Lipinski definition) is 1. The Morgan fingerprint density at radius 1 is 1.14 bits per heavy atom. The Kier molecular flexibility index (Phi) is 6.29. The molecule has 1 aliphatic rings.